The maximum Gasteiger partial charge on any atom is 0.267 e. The number of oxime groups is 1. The van der Waals surface area contributed by atoms with Crippen molar-refractivity contribution in [3.8, 4) is 0 Å². The van der Waals surface area contributed by atoms with E-state index in [9.17, 15) is 4.79 Å². The Kier molecular flexibility index (Phi) is 4.53. The van der Waals surface area contributed by atoms with Crippen molar-refractivity contribution < 1.29 is 10.0 Å². The number of rotatable bonds is 6. The van der Waals surface area contributed by atoms with E-state index in [2.05, 4.69) is 14.7 Å². The van der Waals surface area contributed by atoms with Gasteiger partial charge in [-0.3, -0.25) is 4.79 Å². The zero-order chi connectivity index (χ0) is 14.7. The van der Waals surface area contributed by atoms with Gasteiger partial charge in [-0.15, -0.1) is 5.10 Å². The summed E-state index contributed by atoms with van der Waals surface area (Å²) in [6.45, 7) is 4.44. The summed E-state index contributed by atoms with van der Waals surface area (Å²) in [5, 5.41) is 15.6. The molecule has 1 heterocycles. The molecule has 20 heavy (non-hydrogen) atoms. The maximum absolute atomic E-state index is 12.6. The second kappa shape index (κ2) is 6.17. The minimum atomic E-state index is -0.0445. The normalized spacial score (nSPS) is 15.7. The molecule has 1 fully saturated rings. The zero-order valence-corrected chi connectivity index (χ0v) is 12.4. The van der Waals surface area contributed by atoms with Gasteiger partial charge < -0.3 is 15.8 Å². The molecular weight excluding hydrogens is 278 g/mol. The molecule has 0 unspecified atom stereocenters. The van der Waals surface area contributed by atoms with E-state index in [-0.39, 0.29) is 23.7 Å². The molecule has 2 rings (SSSR count). The number of amidine groups is 1. The summed E-state index contributed by atoms with van der Waals surface area (Å²) in [4.78, 5) is 15.0. The quantitative estimate of drug-likeness (QED) is 0.357. The van der Waals surface area contributed by atoms with E-state index in [0.717, 1.165) is 30.1 Å². The highest BCUT2D eigenvalue weighted by Crippen LogP contribution is 2.30. The maximum atomic E-state index is 12.6. The monoisotopic (exact) mass is 297 g/mol. The molecule has 3 N–H and O–H groups in total. The Bertz CT molecular complexity index is 510. The number of amides is 1. The van der Waals surface area contributed by atoms with Crippen LogP contribution >= 0.6 is 11.5 Å². The van der Waals surface area contributed by atoms with Crippen LogP contribution in [0.5, 0.6) is 0 Å². The van der Waals surface area contributed by atoms with Crippen molar-refractivity contribution in [1.29, 1.82) is 0 Å². The van der Waals surface area contributed by atoms with Crippen LogP contribution in [0, 0.1) is 0 Å². The highest BCUT2D eigenvalue weighted by atomic mass is 32.1. The van der Waals surface area contributed by atoms with Gasteiger partial charge in [-0.1, -0.05) is 23.5 Å². The van der Waals surface area contributed by atoms with Gasteiger partial charge in [0.2, 0.25) is 0 Å². The van der Waals surface area contributed by atoms with E-state index in [4.69, 9.17) is 10.9 Å². The third-order valence-electron chi connectivity index (χ3n) is 3.24. The van der Waals surface area contributed by atoms with Crippen LogP contribution in [0.3, 0.4) is 0 Å². The molecule has 0 aliphatic heterocycles. The average Bonchev–Trinajstić information content (AvgIpc) is 3.13. The Morgan fingerprint density at radius 3 is 2.85 bits per heavy atom. The van der Waals surface area contributed by atoms with Crippen LogP contribution in [-0.4, -0.2) is 44.0 Å². The van der Waals surface area contributed by atoms with Crippen molar-refractivity contribution in [2.75, 3.05) is 6.54 Å². The van der Waals surface area contributed by atoms with Gasteiger partial charge in [-0.05, 0) is 30.3 Å². The van der Waals surface area contributed by atoms with Crippen molar-refractivity contribution >= 4 is 23.3 Å². The van der Waals surface area contributed by atoms with Crippen molar-refractivity contribution in [3.63, 3.8) is 0 Å². The molecule has 1 aliphatic rings. The Morgan fingerprint density at radius 2 is 2.30 bits per heavy atom. The minimum Gasteiger partial charge on any atom is -0.409 e. The van der Waals surface area contributed by atoms with E-state index < -0.39 is 0 Å². The van der Waals surface area contributed by atoms with Gasteiger partial charge in [-0.25, -0.2) is 0 Å². The molecule has 1 amide bonds. The van der Waals surface area contributed by atoms with E-state index >= 15 is 0 Å². The standard InChI is InChI=1S/C12H19N5O2S/c1-7(2)10-11(20-16-14-10)12(18)17(8-3-4-8)6-5-9(13)15-19/h7-8,19H,3-6H2,1-2H3,(H2,13,15). The molecule has 1 saturated carbocycles. The fraction of sp³-hybridized carbons (Fsp3) is 0.667. The molecule has 1 aromatic heterocycles. The van der Waals surface area contributed by atoms with Crippen LogP contribution in [-0.2, 0) is 0 Å². The van der Waals surface area contributed by atoms with Gasteiger partial charge in [0, 0.05) is 19.0 Å². The van der Waals surface area contributed by atoms with Crippen molar-refractivity contribution in [1.82, 2.24) is 14.5 Å². The lowest BCUT2D eigenvalue weighted by molar-refractivity contribution is 0.0750. The van der Waals surface area contributed by atoms with Gasteiger partial charge in [0.1, 0.15) is 10.7 Å². The summed E-state index contributed by atoms with van der Waals surface area (Å²) in [5.41, 5.74) is 6.22. The molecule has 7 nitrogen and oxygen atoms in total. The third-order valence-corrected chi connectivity index (χ3v) is 3.97. The minimum absolute atomic E-state index is 0.0445. The highest BCUT2D eigenvalue weighted by molar-refractivity contribution is 7.08. The molecule has 110 valence electrons. The first-order valence-electron chi connectivity index (χ1n) is 6.64. The predicted octanol–water partition coefficient (Wildman–Crippen LogP) is 1.40. The van der Waals surface area contributed by atoms with Gasteiger partial charge in [0.05, 0.1) is 5.69 Å². The van der Waals surface area contributed by atoms with Gasteiger partial charge in [-0.2, -0.15) is 0 Å². The van der Waals surface area contributed by atoms with Crippen molar-refractivity contribution in [2.24, 2.45) is 10.9 Å². The lowest BCUT2D eigenvalue weighted by atomic mass is 10.1. The molecule has 0 atom stereocenters. The van der Waals surface area contributed by atoms with Crippen LogP contribution < -0.4 is 5.73 Å². The van der Waals surface area contributed by atoms with Gasteiger partial charge in [0.15, 0.2) is 0 Å². The molecule has 0 spiro atoms. The molecule has 1 aromatic rings. The first kappa shape index (κ1) is 14.7. The highest BCUT2D eigenvalue weighted by Gasteiger charge is 2.35. The van der Waals surface area contributed by atoms with E-state index in [1.54, 1.807) is 4.90 Å². The summed E-state index contributed by atoms with van der Waals surface area (Å²) < 4.78 is 3.89. The fourth-order valence-corrected chi connectivity index (χ4v) is 2.75. The second-order valence-corrected chi connectivity index (χ2v) is 5.97. The zero-order valence-electron chi connectivity index (χ0n) is 11.6. The molecule has 8 heteroatoms. The first-order valence-corrected chi connectivity index (χ1v) is 7.41. The number of carbonyl (C=O) groups is 1. The second-order valence-electron chi connectivity index (χ2n) is 5.21. The smallest absolute Gasteiger partial charge is 0.267 e. The number of carbonyl (C=O) groups excluding carboxylic acids is 1. The lowest BCUT2D eigenvalue weighted by Gasteiger charge is -2.21. The molecule has 1 aliphatic carbocycles. The third kappa shape index (κ3) is 3.24. The van der Waals surface area contributed by atoms with Crippen LogP contribution in [0.15, 0.2) is 5.16 Å². The number of nitrogens with two attached hydrogens (primary N) is 1. The lowest BCUT2D eigenvalue weighted by Crippen LogP contribution is -2.36. The largest absolute Gasteiger partial charge is 0.409 e. The molecule has 0 bridgehead atoms. The molecule has 0 aromatic carbocycles. The first-order chi connectivity index (χ1) is 9.54. The van der Waals surface area contributed by atoms with Crippen LogP contribution in [0.25, 0.3) is 0 Å². The van der Waals surface area contributed by atoms with E-state index in [1.165, 1.54) is 0 Å². The topological polar surface area (TPSA) is 105 Å². The van der Waals surface area contributed by atoms with Crippen LogP contribution in [0.1, 0.15) is 54.4 Å². The number of hydrogen-bond donors (Lipinski definition) is 2. The van der Waals surface area contributed by atoms with Crippen LogP contribution in [0.2, 0.25) is 0 Å². The summed E-state index contributed by atoms with van der Waals surface area (Å²) in [6, 6.07) is 0.260. The number of hydrogen-bond acceptors (Lipinski definition) is 6. The fourth-order valence-electron chi connectivity index (χ4n) is 1.98. The average molecular weight is 297 g/mol. The van der Waals surface area contributed by atoms with Crippen LogP contribution in [0.4, 0.5) is 0 Å². The van der Waals surface area contributed by atoms with E-state index in [0.29, 0.717) is 17.8 Å². The summed E-state index contributed by atoms with van der Waals surface area (Å²) in [7, 11) is 0. The molecule has 0 saturated heterocycles. The van der Waals surface area contributed by atoms with Gasteiger partial charge >= 0.3 is 0 Å². The van der Waals surface area contributed by atoms with Crippen molar-refractivity contribution in [3.05, 3.63) is 10.6 Å². The summed E-state index contributed by atoms with van der Waals surface area (Å²) in [6.07, 6.45) is 2.37. The Hall–Kier alpha value is -1.70. The van der Waals surface area contributed by atoms with Gasteiger partial charge in [0.25, 0.3) is 5.91 Å². The number of nitrogens with zero attached hydrogens (tertiary/aromatic N) is 4. The number of aromatic nitrogens is 2. The molecule has 0 radical (unpaired) electrons. The van der Waals surface area contributed by atoms with E-state index in [1.807, 2.05) is 13.8 Å². The SMILES string of the molecule is CC(C)c1nnsc1C(=O)N(CCC(N)=NO)C1CC1. The predicted molar refractivity (Wildman–Crippen MR) is 76.1 cm³/mol. The Balaban J connectivity index is 2.12. The van der Waals surface area contributed by atoms with Crippen molar-refractivity contribution in [2.45, 2.75) is 45.1 Å². The summed E-state index contributed by atoms with van der Waals surface area (Å²) >= 11 is 1.14. The Labute approximate surface area is 121 Å². The Morgan fingerprint density at radius 1 is 1.60 bits per heavy atom. The summed E-state index contributed by atoms with van der Waals surface area (Å²) in [5.74, 6) is 0.254. The molecular formula is C12H19N5O2S.